The van der Waals surface area contributed by atoms with Crippen LogP contribution in [-0.2, 0) is 12.8 Å². The number of aromatic amines is 1. The highest BCUT2D eigenvalue weighted by atomic mass is 16.7. The number of aromatic nitrogens is 2. The molecular formula is C28H28N2O5. The minimum atomic E-state index is 0.0603. The van der Waals surface area contributed by atoms with Gasteiger partial charge in [-0.3, -0.25) is 0 Å². The van der Waals surface area contributed by atoms with Crippen molar-refractivity contribution >= 4 is 21.8 Å². The lowest BCUT2D eigenvalue weighted by Gasteiger charge is -2.15. The maximum Gasteiger partial charge on any atom is 0.207 e. The molecule has 35 heavy (non-hydrogen) atoms. The molecule has 0 aliphatic heterocycles. The predicted octanol–water partition coefficient (Wildman–Crippen LogP) is 5.23. The molecule has 0 aliphatic rings. The zero-order valence-electron chi connectivity index (χ0n) is 19.5. The van der Waals surface area contributed by atoms with E-state index >= 15 is 0 Å². The average molecular weight is 473 g/mol. The van der Waals surface area contributed by atoms with Gasteiger partial charge in [-0.15, -0.1) is 0 Å². The van der Waals surface area contributed by atoms with E-state index < -0.39 is 0 Å². The van der Waals surface area contributed by atoms with Crippen LogP contribution < -0.4 is 14.3 Å². The number of H-pyrrole nitrogens is 1. The lowest BCUT2D eigenvalue weighted by molar-refractivity contribution is 0.198. The summed E-state index contributed by atoms with van der Waals surface area (Å²) < 4.78 is 13.0. The lowest BCUT2D eigenvalue weighted by Crippen LogP contribution is -2.12. The summed E-state index contributed by atoms with van der Waals surface area (Å²) in [6.07, 6.45) is 3.71. The van der Waals surface area contributed by atoms with Gasteiger partial charge in [0.25, 0.3) is 0 Å². The molecule has 7 nitrogen and oxygen atoms in total. The highest BCUT2D eigenvalue weighted by Crippen LogP contribution is 2.40. The van der Waals surface area contributed by atoms with E-state index in [0.29, 0.717) is 43.1 Å². The molecule has 0 atom stereocenters. The number of rotatable bonds is 10. The fourth-order valence-corrected chi connectivity index (χ4v) is 4.41. The standard InChI is InChI=1S/C28H28N2O5/c1-33-25-10-4-5-11-26(25)34-18-15-19-14-16-30(23(19)9-6-17-31)35-28-24(32)13-12-22-27(28)20-7-2-3-8-21(20)29-22/h2-5,7-8,10-14,16,29,31-32H,6,9,15,17-18H2,1H3. The molecular weight excluding hydrogens is 444 g/mol. The van der Waals surface area contributed by atoms with Crippen LogP contribution in [0.25, 0.3) is 21.8 Å². The summed E-state index contributed by atoms with van der Waals surface area (Å²) >= 11 is 0. The second-order valence-electron chi connectivity index (χ2n) is 8.29. The molecule has 0 fully saturated rings. The number of ether oxygens (including phenoxy) is 2. The van der Waals surface area contributed by atoms with Gasteiger partial charge in [0, 0.05) is 30.1 Å². The normalized spacial score (nSPS) is 11.3. The number of phenolic OH excluding ortho intramolecular Hbond substituents is 1. The maximum atomic E-state index is 10.7. The fraction of sp³-hybridized carbons (Fsp3) is 0.214. The van der Waals surface area contributed by atoms with Crippen LogP contribution in [0.1, 0.15) is 17.7 Å². The predicted molar refractivity (Wildman–Crippen MR) is 136 cm³/mol. The van der Waals surface area contributed by atoms with E-state index in [9.17, 15) is 10.2 Å². The van der Waals surface area contributed by atoms with Crippen molar-refractivity contribution in [3.63, 3.8) is 0 Å². The van der Waals surface area contributed by atoms with Crippen molar-refractivity contribution in [3.8, 4) is 23.0 Å². The van der Waals surface area contributed by atoms with Crippen molar-refractivity contribution in [2.75, 3.05) is 20.3 Å². The third-order valence-electron chi connectivity index (χ3n) is 6.11. The Bertz CT molecular complexity index is 1450. The van der Waals surface area contributed by atoms with Crippen molar-refractivity contribution in [2.45, 2.75) is 19.3 Å². The Morgan fingerprint density at radius 1 is 0.886 bits per heavy atom. The number of nitrogens with one attached hydrogen (secondary N) is 1. The second-order valence-corrected chi connectivity index (χ2v) is 8.29. The lowest BCUT2D eigenvalue weighted by atomic mass is 10.1. The van der Waals surface area contributed by atoms with E-state index in [4.69, 9.17) is 14.3 Å². The molecule has 0 saturated carbocycles. The number of nitrogens with zero attached hydrogens (tertiary/aromatic N) is 1. The minimum Gasteiger partial charge on any atom is -0.504 e. The van der Waals surface area contributed by atoms with Crippen LogP contribution in [0.2, 0.25) is 0 Å². The summed E-state index contributed by atoms with van der Waals surface area (Å²) in [7, 11) is 1.62. The van der Waals surface area contributed by atoms with E-state index in [1.807, 2.05) is 66.9 Å². The summed E-state index contributed by atoms with van der Waals surface area (Å²) in [6, 6.07) is 21.0. The first kappa shape index (κ1) is 22.7. The number of aromatic hydroxyl groups is 1. The van der Waals surface area contributed by atoms with Gasteiger partial charge in [0.15, 0.2) is 17.2 Å². The Kier molecular flexibility index (Phi) is 6.50. The molecule has 3 aromatic carbocycles. The van der Waals surface area contributed by atoms with Gasteiger partial charge in [-0.25, -0.2) is 0 Å². The summed E-state index contributed by atoms with van der Waals surface area (Å²) in [6.45, 7) is 0.533. The van der Waals surface area contributed by atoms with E-state index in [1.165, 1.54) is 0 Å². The second kappa shape index (κ2) is 10.0. The van der Waals surface area contributed by atoms with Gasteiger partial charge in [0.1, 0.15) is 0 Å². The maximum absolute atomic E-state index is 10.7. The van der Waals surface area contributed by atoms with Crippen LogP contribution in [0, 0.1) is 0 Å². The molecule has 5 aromatic rings. The SMILES string of the molecule is COc1ccccc1OCCc1ccn(Oc2c(O)ccc3[nH]c4ccccc4c23)c1CCCO. The van der Waals surface area contributed by atoms with Crippen LogP contribution in [0.3, 0.4) is 0 Å². The van der Waals surface area contributed by atoms with Crippen LogP contribution in [-0.4, -0.2) is 40.3 Å². The van der Waals surface area contributed by atoms with E-state index in [0.717, 1.165) is 33.1 Å². The molecule has 180 valence electrons. The molecule has 0 amide bonds. The Hall–Kier alpha value is -4.10. The van der Waals surface area contributed by atoms with Crippen LogP contribution in [0.4, 0.5) is 0 Å². The molecule has 0 radical (unpaired) electrons. The molecule has 2 heterocycles. The molecule has 0 spiro atoms. The largest absolute Gasteiger partial charge is 0.504 e. The Morgan fingerprint density at radius 3 is 2.51 bits per heavy atom. The zero-order chi connectivity index (χ0) is 24.2. The topological polar surface area (TPSA) is 88.9 Å². The van der Waals surface area contributed by atoms with Crippen molar-refractivity contribution in [3.05, 3.63) is 84.2 Å². The Balaban J connectivity index is 1.44. The number of phenols is 1. The minimum absolute atomic E-state index is 0.0603. The molecule has 3 N–H and O–H groups in total. The van der Waals surface area contributed by atoms with Crippen molar-refractivity contribution in [1.82, 2.24) is 9.71 Å². The van der Waals surface area contributed by atoms with Gasteiger partial charge < -0.3 is 29.5 Å². The first-order chi connectivity index (χ1) is 17.2. The van der Waals surface area contributed by atoms with Crippen LogP contribution in [0.15, 0.2) is 72.9 Å². The van der Waals surface area contributed by atoms with E-state index in [-0.39, 0.29) is 12.4 Å². The number of aliphatic hydroxyl groups excluding tert-OH is 1. The van der Waals surface area contributed by atoms with Crippen molar-refractivity contribution in [1.29, 1.82) is 0 Å². The number of benzene rings is 3. The number of fused-ring (bicyclic) bond motifs is 3. The van der Waals surface area contributed by atoms with Gasteiger partial charge >= 0.3 is 0 Å². The van der Waals surface area contributed by atoms with E-state index in [2.05, 4.69) is 4.98 Å². The first-order valence-corrected chi connectivity index (χ1v) is 11.7. The number of para-hydroxylation sites is 3. The van der Waals surface area contributed by atoms with Crippen LogP contribution in [0.5, 0.6) is 23.0 Å². The Labute approximate surface area is 203 Å². The summed E-state index contributed by atoms with van der Waals surface area (Å²) in [5, 5.41) is 22.0. The third kappa shape index (κ3) is 4.50. The van der Waals surface area contributed by atoms with Crippen molar-refractivity contribution in [2.24, 2.45) is 0 Å². The molecule has 0 unspecified atom stereocenters. The average Bonchev–Trinajstić information content (AvgIpc) is 3.45. The number of hydrogen-bond acceptors (Lipinski definition) is 5. The number of methoxy groups -OCH3 is 1. The van der Waals surface area contributed by atoms with Gasteiger partial charge in [-0.2, -0.15) is 4.73 Å². The van der Waals surface area contributed by atoms with Gasteiger partial charge in [0.2, 0.25) is 5.75 Å². The number of hydrogen-bond donors (Lipinski definition) is 3. The smallest absolute Gasteiger partial charge is 0.207 e. The van der Waals surface area contributed by atoms with E-state index in [1.54, 1.807) is 17.9 Å². The third-order valence-corrected chi connectivity index (χ3v) is 6.11. The highest BCUT2D eigenvalue weighted by molar-refractivity contribution is 6.11. The van der Waals surface area contributed by atoms with Gasteiger partial charge in [-0.1, -0.05) is 30.3 Å². The molecule has 7 heteroatoms. The highest BCUT2D eigenvalue weighted by Gasteiger charge is 2.18. The van der Waals surface area contributed by atoms with Gasteiger partial charge in [-0.05, 0) is 54.8 Å². The Morgan fingerprint density at radius 2 is 1.69 bits per heavy atom. The molecule has 2 aromatic heterocycles. The monoisotopic (exact) mass is 472 g/mol. The van der Waals surface area contributed by atoms with Gasteiger partial charge in [0.05, 0.1) is 30.3 Å². The van der Waals surface area contributed by atoms with Crippen molar-refractivity contribution < 1.29 is 24.5 Å². The quantitative estimate of drug-likeness (QED) is 0.259. The molecule has 0 aliphatic carbocycles. The summed E-state index contributed by atoms with van der Waals surface area (Å²) in [5.41, 5.74) is 3.84. The molecule has 5 rings (SSSR count). The van der Waals surface area contributed by atoms with Crippen LogP contribution >= 0.6 is 0 Å². The summed E-state index contributed by atoms with van der Waals surface area (Å²) in [4.78, 5) is 9.68. The zero-order valence-corrected chi connectivity index (χ0v) is 19.5. The fourth-order valence-electron chi connectivity index (χ4n) is 4.41. The first-order valence-electron chi connectivity index (χ1n) is 11.7. The summed E-state index contributed by atoms with van der Waals surface area (Å²) in [5.74, 6) is 1.83. The molecule has 0 bridgehead atoms. The number of aliphatic hydroxyl groups is 1. The molecule has 0 saturated heterocycles.